The Morgan fingerprint density at radius 1 is 0.636 bits per heavy atom. The fourth-order valence-corrected chi connectivity index (χ4v) is 4.37. The summed E-state index contributed by atoms with van der Waals surface area (Å²) in [5.41, 5.74) is 11.1. The molecule has 0 aromatic heterocycles. The molecule has 22 heavy (non-hydrogen) atoms. The van der Waals surface area contributed by atoms with Gasteiger partial charge in [-0.15, -0.1) is 0 Å². The number of hydrogen-bond donors (Lipinski definition) is 2. The molecule has 6 heteroatoms. The summed E-state index contributed by atoms with van der Waals surface area (Å²) < 4.78 is 0. The first kappa shape index (κ1) is 21.6. The van der Waals surface area contributed by atoms with Crippen LogP contribution in [0.5, 0.6) is 0 Å². The van der Waals surface area contributed by atoms with Crippen molar-refractivity contribution in [1.29, 1.82) is 0 Å². The predicted molar refractivity (Wildman–Crippen MR) is 89.1 cm³/mol. The van der Waals surface area contributed by atoms with E-state index >= 15 is 0 Å². The number of halogens is 2. The summed E-state index contributed by atoms with van der Waals surface area (Å²) in [6.45, 7) is 0. The molecule has 0 aliphatic carbocycles. The van der Waals surface area contributed by atoms with E-state index in [1.54, 1.807) is 0 Å². The van der Waals surface area contributed by atoms with Gasteiger partial charge in [0.1, 0.15) is 12.1 Å². The van der Waals surface area contributed by atoms with E-state index in [-0.39, 0.29) is 24.8 Å². The van der Waals surface area contributed by atoms with E-state index < -0.39 is 0 Å². The molecule has 0 fully saturated rings. The van der Waals surface area contributed by atoms with Gasteiger partial charge in [0.15, 0.2) is 0 Å². The van der Waals surface area contributed by atoms with Crippen molar-refractivity contribution in [2.24, 2.45) is 0 Å². The quantitative estimate of drug-likeness (QED) is 0.386. The Hall–Kier alpha value is -0.360. The highest BCUT2D eigenvalue weighted by Crippen LogP contribution is 2.28. The fourth-order valence-electron chi connectivity index (χ4n) is 1.90. The number of quaternary nitrogens is 2. The summed E-state index contributed by atoms with van der Waals surface area (Å²) in [6.07, 6.45) is 0. The lowest BCUT2D eigenvalue weighted by Gasteiger charge is -2.10. The van der Waals surface area contributed by atoms with Crippen molar-refractivity contribution in [3.05, 3.63) is 71.8 Å². The van der Waals surface area contributed by atoms with Crippen LogP contribution in [0.4, 0.5) is 0 Å². The standard InChI is InChI=1S/C16H20N2S2.2ClH/c17-15(13-7-3-1-4-8-13)11-19-20-12-16(18)14-9-5-2-6-10-14;;/h1-10,15-16H,11-12,17-18H2;2*1H. The van der Waals surface area contributed by atoms with Gasteiger partial charge in [-0.25, -0.2) is 0 Å². The summed E-state index contributed by atoms with van der Waals surface area (Å²) in [7, 11) is 3.79. The maximum Gasteiger partial charge on any atom is 0.120 e. The van der Waals surface area contributed by atoms with Crippen LogP contribution in [0.2, 0.25) is 0 Å². The highest BCUT2D eigenvalue weighted by Gasteiger charge is 2.12. The molecular weight excluding hydrogens is 355 g/mol. The molecule has 0 heterocycles. The molecule has 2 aromatic rings. The molecular formula is C16H22Cl2N2S2. The van der Waals surface area contributed by atoms with Gasteiger partial charge >= 0.3 is 0 Å². The molecule has 122 valence electrons. The molecule has 2 rings (SSSR count). The summed E-state index contributed by atoms with van der Waals surface area (Å²) in [5.74, 6) is 2.08. The van der Waals surface area contributed by atoms with Gasteiger partial charge in [0.2, 0.25) is 0 Å². The van der Waals surface area contributed by atoms with E-state index in [2.05, 4.69) is 60.0 Å². The fraction of sp³-hybridized carbons (Fsp3) is 0.250. The van der Waals surface area contributed by atoms with Gasteiger partial charge < -0.3 is 36.3 Å². The van der Waals surface area contributed by atoms with E-state index in [1.165, 1.54) is 11.1 Å². The van der Waals surface area contributed by atoms with Crippen molar-refractivity contribution in [1.82, 2.24) is 0 Å². The third kappa shape index (κ3) is 7.27. The Balaban J connectivity index is 0.00000220. The zero-order valence-electron chi connectivity index (χ0n) is 12.3. The molecule has 2 atom stereocenters. The molecule has 2 nitrogen and oxygen atoms in total. The van der Waals surface area contributed by atoms with E-state index in [0.29, 0.717) is 12.1 Å². The average Bonchev–Trinajstić information content (AvgIpc) is 2.53. The lowest BCUT2D eigenvalue weighted by atomic mass is 10.1. The van der Waals surface area contributed by atoms with Crippen molar-refractivity contribution in [2.75, 3.05) is 11.5 Å². The maximum absolute atomic E-state index is 4.23. The predicted octanol–water partition coefficient (Wildman–Crippen LogP) is -3.66. The molecule has 0 aliphatic rings. The van der Waals surface area contributed by atoms with E-state index in [0.717, 1.165) is 11.5 Å². The highest BCUT2D eigenvalue weighted by atomic mass is 35.5. The minimum atomic E-state index is 0. The molecule has 0 saturated heterocycles. The SMILES string of the molecule is [Cl-].[Cl-].[NH3+]C(CSSCC([NH3+])c1ccccc1)c1ccccc1. The zero-order chi connectivity index (χ0) is 14.2. The van der Waals surface area contributed by atoms with E-state index in [1.807, 2.05) is 33.7 Å². The monoisotopic (exact) mass is 376 g/mol. The smallest absolute Gasteiger partial charge is 0.120 e. The second-order valence-electron chi connectivity index (χ2n) is 4.78. The van der Waals surface area contributed by atoms with Crippen molar-refractivity contribution >= 4 is 21.6 Å². The van der Waals surface area contributed by atoms with Gasteiger partial charge in [-0.2, -0.15) is 0 Å². The summed E-state index contributed by atoms with van der Waals surface area (Å²) in [6, 6.07) is 21.7. The van der Waals surface area contributed by atoms with Crippen LogP contribution in [0, 0.1) is 0 Å². The molecule has 2 unspecified atom stereocenters. The molecule has 0 radical (unpaired) electrons. The second-order valence-corrected chi connectivity index (χ2v) is 7.34. The molecule has 6 N–H and O–H groups in total. The van der Waals surface area contributed by atoms with Crippen LogP contribution in [0.15, 0.2) is 60.7 Å². The van der Waals surface area contributed by atoms with Crippen LogP contribution < -0.4 is 36.3 Å². The highest BCUT2D eigenvalue weighted by molar-refractivity contribution is 8.76. The Kier molecular flexibility index (Phi) is 11.9. The average molecular weight is 377 g/mol. The largest absolute Gasteiger partial charge is 1.00 e. The molecule has 2 aromatic carbocycles. The van der Waals surface area contributed by atoms with Gasteiger partial charge in [0.05, 0.1) is 11.5 Å². The van der Waals surface area contributed by atoms with Crippen LogP contribution in [-0.2, 0) is 0 Å². The second kappa shape index (κ2) is 12.1. The minimum Gasteiger partial charge on any atom is -1.00 e. The first-order chi connectivity index (χ1) is 9.77. The Bertz CT molecular complexity index is 453. The van der Waals surface area contributed by atoms with E-state index in [4.69, 9.17) is 0 Å². The van der Waals surface area contributed by atoms with Crippen LogP contribution >= 0.6 is 21.6 Å². The third-order valence-corrected chi connectivity index (χ3v) is 5.72. The summed E-state index contributed by atoms with van der Waals surface area (Å²) >= 11 is 0. The van der Waals surface area contributed by atoms with Gasteiger partial charge in [-0.05, 0) is 0 Å². The summed E-state index contributed by atoms with van der Waals surface area (Å²) in [4.78, 5) is 0. The first-order valence-electron chi connectivity index (χ1n) is 6.78. The molecule has 0 amide bonds. The Labute approximate surface area is 153 Å². The summed E-state index contributed by atoms with van der Waals surface area (Å²) in [5, 5.41) is 0. The Morgan fingerprint density at radius 3 is 1.27 bits per heavy atom. The lowest BCUT2D eigenvalue weighted by molar-refractivity contribution is -0.419. The van der Waals surface area contributed by atoms with Crippen LogP contribution in [-0.4, -0.2) is 11.5 Å². The van der Waals surface area contributed by atoms with Crippen molar-refractivity contribution in [3.8, 4) is 0 Å². The van der Waals surface area contributed by atoms with Crippen LogP contribution in [0.25, 0.3) is 0 Å². The minimum absolute atomic E-state index is 0. The van der Waals surface area contributed by atoms with Gasteiger partial charge in [0, 0.05) is 11.1 Å². The molecule has 0 bridgehead atoms. The normalized spacial score (nSPS) is 12.6. The third-order valence-electron chi connectivity index (χ3n) is 3.16. The Morgan fingerprint density at radius 2 is 0.955 bits per heavy atom. The number of benzene rings is 2. The van der Waals surface area contributed by atoms with Gasteiger partial charge in [-0.3, -0.25) is 0 Å². The van der Waals surface area contributed by atoms with Crippen LogP contribution in [0.3, 0.4) is 0 Å². The number of rotatable bonds is 7. The zero-order valence-corrected chi connectivity index (χ0v) is 15.5. The lowest BCUT2D eigenvalue weighted by Crippen LogP contribution is -3.00. The number of hydrogen-bond acceptors (Lipinski definition) is 2. The first-order valence-corrected chi connectivity index (χ1v) is 9.26. The topological polar surface area (TPSA) is 55.3 Å². The van der Waals surface area contributed by atoms with Crippen molar-refractivity contribution < 1.29 is 36.3 Å². The van der Waals surface area contributed by atoms with E-state index in [9.17, 15) is 0 Å². The maximum atomic E-state index is 4.23. The van der Waals surface area contributed by atoms with Crippen LogP contribution in [0.1, 0.15) is 23.2 Å². The van der Waals surface area contributed by atoms with Gasteiger partial charge in [-0.1, -0.05) is 82.3 Å². The van der Waals surface area contributed by atoms with Gasteiger partial charge in [0.25, 0.3) is 0 Å². The molecule has 0 saturated carbocycles. The molecule has 0 aliphatic heterocycles. The molecule has 0 spiro atoms. The van der Waals surface area contributed by atoms with Crippen molar-refractivity contribution in [2.45, 2.75) is 12.1 Å². The van der Waals surface area contributed by atoms with Crippen molar-refractivity contribution in [3.63, 3.8) is 0 Å².